The van der Waals surface area contributed by atoms with Crippen molar-refractivity contribution in [3.63, 3.8) is 0 Å². The van der Waals surface area contributed by atoms with Gasteiger partial charge >= 0.3 is 0 Å². The van der Waals surface area contributed by atoms with Crippen LogP contribution in [0.2, 0.25) is 0 Å². The Bertz CT molecular complexity index is 143. The minimum absolute atomic E-state index is 0.0165. The summed E-state index contributed by atoms with van der Waals surface area (Å²) in [6, 6.07) is 0. The van der Waals surface area contributed by atoms with E-state index >= 15 is 0 Å². The molecule has 4 atom stereocenters. The van der Waals surface area contributed by atoms with E-state index in [1.807, 2.05) is 0 Å². The monoisotopic (exact) mass is 396 g/mol. The number of rotatable bonds is 2. The first-order valence-electron chi connectivity index (χ1n) is 4.07. The summed E-state index contributed by atoms with van der Waals surface area (Å²) in [4.78, 5) is 0. The molecule has 2 nitrogen and oxygen atoms in total. The van der Waals surface area contributed by atoms with E-state index in [1.165, 1.54) is 0 Å². The van der Waals surface area contributed by atoms with E-state index in [-0.39, 0.29) is 6.29 Å². The molecule has 0 aromatic heterocycles. The second-order valence-electron chi connectivity index (χ2n) is 3.10. The van der Waals surface area contributed by atoms with E-state index < -0.39 is 0 Å². The van der Waals surface area contributed by atoms with Crippen LogP contribution in [-0.2, 0) is 9.47 Å². The molecule has 72 valence electrons. The van der Waals surface area contributed by atoms with E-state index in [2.05, 4.69) is 52.1 Å². The summed E-state index contributed by atoms with van der Waals surface area (Å²) in [5.41, 5.74) is 0. The highest BCUT2D eigenvalue weighted by molar-refractivity contribution is 14.1. The molecule has 12 heavy (non-hydrogen) atoms. The summed E-state index contributed by atoms with van der Waals surface area (Å²) >= 11 is 4.87. The van der Waals surface area contributed by atoms with Crippen LogP contribution in [0.3, 0.4) is 0 Å². The van der Waals surface area contributed by atoms with Gasteiger partial charge in [0, 0.05) is 21.9 Å². The zero-order valence-corrected chi connectivity index (χ0v) is 11.6. The van der Waals surface area contributed by atoms with Crippen LogP contribution in [0.4, 0.5) is 0 Å². The lowest BCUT2D eigenvalue weighted by Gasteiger charge is -2.36. The topological polar surface area (TPSA) is 18.5 Å². The molecule has 0 aromatic rings. The van der Waals surface area contributed by atoms with Gasteiger partial charge in [0.2, 0.25) is 0 Å². The van der Waals surface area contributed by atoms with E-state index in [9.17, 15) is 0 Å². The van der Waals surface area contributed by atoms with Gasteiger partial charge in [-0.1, -0.05) is 52.1 Å². The SMILES string of the molecule is CO[C@H]1CC(I)C(C)C(CI)O1. The van der Waals surface area contributed by atoms with Gasteiger partial charge in [0.05, 0.1) is 6.10 Å². The zero-order chi connectivity index (χ0) is 9.14. The van der Waals surface area contributed by atoms with Crippen molar-refractivity contribution in [3.8, 4) is 0 Å². The smallest absolute Gasteiger partial charge is 0.158 e. The number of methoxy groups -OCH3 is 1. The van der Waals surface area contributed by atoms with Gasteiger partial charge < -0.3 is 9.47 Å². The predicted molar refractivity (Wildman–Crippen MR) is 66.1 cm³/mol. The molecule has 1 heterocycles. The van der Waals surface area contributed by atoms with Crippen molar-refractivity contribution in [2.24, 2.45) is 5.92 Å². The summed E-state index contributed by atoms with van der Waals surface area (Å²) < 4.78 is 12.7. The highest BCUT2D eigenvalue weighted by Gasteiger charge is 2.33. The minimum Gasteiger partial charge on any atom is -0.356 e. The Morgan fingerprint density at radius 3 is 2.75 bits per heavy atom. The molecule has 1 fully saturated rings. The molecule has 1 aliphatic heterocycles. The predicted octanol–water partition coefficient (Wildman–Crippen LogP) is 2.62. The third-order valence-corrected chi connectivity index (χ3v) is 4.83. The fourth-order valence-electron chi connectivity index (χ4n) is 1.33. The minimum atomic E-state index is 0.0165. The number of halogens is 2. The molecular formula is C8H14I2O2. The first-order chi connectivity index (χ1) is 5.69. The summed E-state index contributed by atoms with van der Waals surface area (Å²) in [5.74, 6) is 0.647. The van der Waals surface area contributed by atoms with Crippen LogP contribution in [0.15, 0.2) is 0 Å². The average Bonchev–Trinajstić information content (AvgIpc) is 2.09. The molecule has 0 bridgehead atoms. The Morgan fingerprint density at radius 2 is 2.25 bits per heavy atom. The Kier molecular flexibility index (Phi) is 5.07. The van der Waals surface area contributed by atoms with Crippen LogP contribution in [0.25, 0.3) is 0 Å². The number of hydrogen-bond donors (Lipinski definition) is 0. The lowest BCUT2D eigenvalue weighted by atomic mass is 9.97. The van der Waals surface area contributed by atoms with Gasteiger partial charge in [0.15, 0.2) is 6.29 Å². The fraction of sp³-hybridized carbons (Fsp3) is 1.00. The Hall–Kier alpha value is 1.38. The Morgan fingerprint density at radius 1 is 1.58 bits per heavy atom. The quantitative estimate of drug-likeness (QED) is 0.528. The Labute approximate surface area is 101 Å². The molecule has 0 radical (unpaired) electrons. The van der Waals surface area contributed by atoms with Crippen LogP contribution in [0.5, 0.6) is 0 Å². The molecule has 0 saturated carbocycles. The normalized spacial score (nSPS) is 43.0. The third kappa shape index (κ3) is 2.68. The Balaban J connectivity index is 2.52. The van der Waals surface area contributed by atoms with Crippen LogP contribution in [0.1, 0.15) is 13.3 Å². The molecule has 1 aliphatic rings. The van der Waals surface area contributed by atoms with Gasteiger partial charge in [0.25, 0.3) is 0 Å². The van der Waals surface area contributed by atoms with Crippen molar-refractivity contribution in [1.82, 2.24) is 0 Å². The summed E-state index contributed by atoms with van der Waals surface area (Å²) in [6.07, 6.45) is 1.40. The second kappa shape index (κ2) is 5.31. The number of alkyl halides is 2. The van der Waals surface area contributed by atoms with E-state index in [0.717, 1.165) is 10.8 Å². The van der Waals surface area contributed by atoms with Gasteiger partial charge in [0.1, 0.15) is 0 Å². The summed E-state index contributed by atoms with van der Waals surface area (Å²) in [5, 5.41) is 0. The lowest BCUT2D eigenvalue weighted by molar-refractivity contribution is -0.183. The first kappa shape index (κ1) is 11.5. The number of ether oxygens (including phenoxy) is 2. The molecule has 0 N–H and O–H groups in total. The lowest BCUT2D eigenvalue weighted by Crippen LogP contribution is -2.41. The molecule has 0 aliphatic carbocycles. The maximum Gasteiger partial charge on any atom is 0.158 e. The molecule has 0 spiro atoms. The van der Waals surface area contributed by atoms with E-state index in [1.54, 1.807) is 7.11 Å². The molecule has 1 saturated heterocycles. The summed E-state index contributed by atoms with van der Waals surface area (Å²) in [6.45, 7) is 2.26. The van der Waals surface area contributed by atoms with Crippen molar-refractivity contribution in [3.05, 3.63) is 0 Å². The maximum atomic E-state index is 5.73. The van der Waals surface area contributed by atoms with Gasteiger partial charge in [-0.2, -0.15) is 0 Å². The molecule has 3 unspecified atom stereocenters. The number of hydrogen-bond acceptors (Lipinski definition) is 2. The largest absolute Gasteiger partial charge is 0.356 e. The van der Waals surface area contributed by atoms with Crippen molar-refractivity contribution in [2.45, 2.75) is 29.7 Å². The molecule has 4 heteroatoms. The maximum absolute atomic E-state index is 5.73. The van der Waals surface area contributed by atoms with Crippen LogP contribution in [-0.4, -0.2) is 27.9 Å². The molecular weight excluding hydrogens is 382 g/mol. The van der Waals surface area contributed by atoms with Crippen LogP contribution in [0, 0.1) is 5.92 Å². The van der Waals surface area contributed by atoms with Crippen molar-refractivity contribution < 1.29 is 9.47 Å². The summed E-state index contributed by atoms with van der Waals surface area (Å²) in [7, 11) is 1.72. The molecule has 1 rings (SSSR count). The van der Waals surface area contributed by atoms with Crippen molar-refractivity contribution >= 4 is 45.2 Å². The standard InChI is InChI=1S/C8H14I2O2/c1-5-6(10)3-8(11-2)12-7(5)4-9/h5-8H,3-4H2,1-2H3/t5?,6?,7?,8-/m1/s1. The molecule has 0 aromatic carbocycles. The first-order valence-corrected chi connectivity index (χ1v) is 6.84. The highest BCUT2D eigenvalue weighted by atomic mass is 127. The van der Waals surface area contributed by atoms with Crippen molar-refractivity contribution in [1.29, 1.82) is 0 Å². The highest BCUT2D eigenvalue weighted by Crippen LogP contribution is 2.31. The van der Waals surface area contributed by atoms with Gasteiger partial charge in [-0.05, 0) is 5.92 Å². The third-order valence-electron chi connectivity index (χ3n) is 2.32. The van der Waals surface area contributed by atoms with Gasteiger partial charge in [-0.15, -0.1) is 0 Å². The van der Waals surface area contributed by atoms with Crippen molar-refractivity contribution in [2.75, 3.05) is 11.5 Å². The van der Waals surface area contributed by atoms with Crippen LogP contribution >= 0.6 is 45.2 Å². The second-order valence-corrected chi connectivity index (χ2v) is 5.59. The zero-order valence-electron chi connectivity index (χ0n) is 7.30. The van der Waals surface area contributed by atoms with Gasteiger partial charge in [-0.25, -0.2) is 0 Å². The van der Waals surface area contributed by atoms with E-state index in [4.69, 9.17) is 9.47 Å². The van der Waals surface area contributed by atoms with Crippen LogP contribution < -0.4 is 0 Å². The van der Waals surface area contributed by atoms with Gasteiger partial charge in [-0.3, -0.25) is 0 Å². The van der Waals surface area contributed by atoms with E-state index in [0.29, 0.717) is 15.9 Å². The fourth-order valence-corrected chi connectivity index (χ4v) is 3.22. The molecule has 0 amide bonds. The average molecular weight is 396 g/mol.